The van der Waals surface area contributed by atoms with E-state index in [1.54, 1.807) is 16.8 Å². The first-order chi connectivity index (χ1) is 15.6. The van der Waals surface area contributed by atoms with Crippen LogP contribution in [0.4, 0.5) is 10.1 Å². The van der Waals surface area contributed by atoms with Crippen LogP contribution in [0.1, 0.15) is 31.9 Å². The molecule has 0 aliphatic rings. The Morgan fingerprint density at radius 3 is 2.64 bits per heavy atom. The number of nitro groups is 1. The van der Waals surface area contributed by atoms with Crippen LogP contribution in [0.25, 0.3) is 32.9 Å². The summed E-state index contributed by atoms with van der Waals surface area (Å²) in [6.07, 6.45) is 1.55. The first kappa shape index (κ1) is 20.8. The Hall–Kier alpha value is -4.07. The smallest absolute Gasteiger partial charge is 0.362 e. The van der Waals surface area contributed by atoms with E-state index in [-0.39, 0.29) is 34.4 Å². The van der Waals surface area contributed by atoms with Crippen LogP contribution in [0.2, 0.25) is 0 Å². The van der Waals surface area contributed by atoms with Gasteiger partial charge in [-0.15, -0.1) is 0 Å². The predicted molar refractivity (Wildman–Crippen MR) is 124 cm³/mol. The van der Waals surface area contributed by atoms with Gasteiger partial charge in [0, 0.05) is 45.6 Å². The molecule has 8 heteroatoms. The number of hydrogen-bond donors (Lipinski definition) is 0. The Balaban J connectivity index is 1.89. The number of nitrogens with zero attached hydrogens (tertiary/aromatic N) is 3. The molecule has 0 fully saturated rings. The Kier molecular flexibility index (Phi) is 4.56. The minimum absolute atomic E-state index is 0.0705. The highest BCUT2D eigenvalue weighted by atomic mass is 19.1. The SMILES string of the molecule is CC(C)(C)c1ccc2c(c1)c1c3cccnc3oc(=O)c1n2Cc1cc([N+](=O)[O-])ccc1F. The molecule has 3 heterocycles. The number of rotatable bonds is 3. The van der Waals surface area contributed by atoms with Crippen LogP contribution in [0, 0.1) is 15.9 Å². The van der Waals surface area contributed by atoms with Crippen molar-refractivity contribution in [3.8, 4) is 0 Å². The summed E-state index contributed by atoms with van der Waals surface area (Å²) >= 11 is 0. The lowest BCUT2D eigenvalue weighted by Gasteiger charge is -2.19. The summed E-state index contributed by atoms with van der Waals surface area (Å²) < 4.78 is 21.8. The third-order valence-electron chi connectivity index (χ3n) is 5.92. The van der Waals surface area contributed by atoms with Crippen molar-refractivity contribution in [2.24, 2.45) is 0 Å². The van der Waals surface area contributed by atoms with Crippen LogP contribution in [0.15, 0.2) is 63.9 Å². The Morgan fingerprint density at radius 1 is 1.12 bits per heavy atom. The van der Waals surface area contributed by atoms with E-state index in [1.165, 1.54) is 6.07 Å². The summed E-state index contributed by atoms with van der Waals surface area (Å²) in [6, 6.07) is 12.9. The van der Waals surface area contributed by atoms with Gasteiger partial charge < -0.3 is 8.98 Å². The fourth-order valence-electron chi connectivity index (χ4n) is 4.24. The second-order valence-electron chi connectivity index (χ2n) is 9.07. The summed E-state index contributed by atoms with van der Waals surface area (Å²) in [7, 11) is 0. The van der Waals surface area contributed by atoms with Crippen molar-refractivity contribution in [2.75, 3.05) is 0 Å². The predicted octanol–water partition coefficient (Wildman–Crippen LogP) is 5.69. The molecule has 2 aromatic carbocycles. The lowest BCUT2D eigenvalue weighted by molar-refractivity contribution is -0.385. The maximum Gasteiger partial charge on any atom is 0.362 e. The van der Waals surface area contributed by atoms with Crippen LogP contribution in [0.5, 0.6) is 0 Å². The molecule has 5 rings (SSSR count). The quantitative estimate of drug-likeness (QED) is 0.263. The number of pyridine rings is 1. The molecular weight excluding hydrogens is 425 g/mol. The molecule has 0 aliphatic carbocycles. The van der Waals surface area contributed by atoms with Crippen molar-refractivity contribution in [1.29, 1.82) is 0 Å². The average Bonchev–Trinajstić information content (AvgIpc) is 3.09. The molecule has 0 amide bonds. The molecule has 0 N–H and O–H groups in total. The molecule has 0 saturated heterocycles. The topological polar surface area (TPSA) is 91.2 Å². The molecular formula is C25H20FN3O4. The van der Waals surface area contributed by atoms with E-state index >= 15 is 0 Å². The average molecular weight is 445 g/mol. The van der Waals surface area contributed by atoms with Crippen molar-refractivity contribution in [1.82, 2.24) is 9.55 Å². The lowest BCUT2D eigenvalue weighted by Crippen LogP contribution is -2.11. The Bertz CT molecular complexity index is 1640. The standard InChI is InChI=1S/C25H20FN3O4/c1-25(2,3)15-6-9-20-18(12-15)21-17-5-4-10-27-23(17)33-24(30)22(21)28(20)13-14-11-16(29(31)32)7-8-19(14)26/h4-12H,13H2,1-3H3. The molecule has 0 atom stereocenters. The third kappa shape index (κ3) is 3.34. The van der Waals surface area contributed by atoms with Crippen LogP contribution >= 0.6 is 0 Å². The molecule has 3 aromatic heterocycles. The highest BCUT2D eigenvalue weighted by Gasteiger charge is 2.23. The first-order valence-corrected chi connectivity index (χ1v) is 10.4. The zero-order chi connectivity index (χ0) is 23.5. The van der Waals surface area contributed by atoms with E-state index in [1.807, 2.05) is 24.3 Å². The molecule has 0 aliphatic heterocycles. The van der Waals surface area contributed by atoms with Crippen LogP contribution < -0.4 is 5.63 Å². The van der Waals surface area contributed by atoms with E-state index in [2.05, 4.69) is 25.8 Å². The van der Waals surface area contributed by atoms with Gasteiger partial charge in [-0.3, -0.25) is 10.1 Å². The molecule has 5 aromatic rings. The number of benzene rings is 2. The summed E-state index contributed by atoms with van der Waals surface area (Å²) in [4.78, 5) is 27.9. The number of nitro benzene ring substituents is 1. The number of hydrogen-bond acceptors (Lipinski definition) is 5. The molecule has 0 unspecified atom stereocenters. The van der Waals surface area contributed by atoms with Gasteiger partial charge in [0.25, 0.3) is 5.69 Å². The van der Waals surface area contributed by atoms with Gasteiger partial charge in [0.2, 0.25) is 5.71 Å². The van der Waals surface area contributed by atoms with Crippen molar-refractivity contribution < 1.29 is 13.7 Å². The zero-order valence-corrected chi connectivity index (χ0v) is 18.3. The second kappa shape index (κ2) is 7.23. The minimum atomic E-state index is -0.601. The highest BCUT2D eigenvalue weighted by molar-refractivity contribution is 6.18. The fourth-order valence-corrected chi connectivity index (χ4v) is 4.24. The van der Waals surface area contributed by atoms with E-state index in [0.29, 0.717) is 16.3 Å². The van der Waals surface area contributed by atoms with E-state index in [0.717, 1.165) is 23.1 Å². The Morgan fingerprint density at radius 2 is 1.91 bits per heavy atom. The van der Waals surface area contributed by atoms with Crippen LogP contribution in [-0.2, 0) is 12.0 Å². The number of halogens is 1. The van der Waals surface area contributed by atoms with Crippen LogP contribution in [-0.4, -0.2) is 14.5 Å². The fraction of sp³-hybridized carbons (Fsp3) is 0.200. The molecule has 0 bridgehead atoms. The van der Waals surface area contributed by atoms with Gasteiger partial charge in [-0.25, -0.2) is 14.2 Å². The summed E-state index contributed by atoms with van der Waals surface area (Å²) in [6.45, 7) is 6.22. The summed E-state index contributed by atoms with van der Waals surface area (Å²) in [5, 5.41) is 13.4. The summed E-state index contributed by atoms with van der Waals surface area (Å²) in [5.74, 6) is -0.589. The highest BCUT2D eigenvalue weighted by Crippen LogP contribution is 2.36. The van der Waals surface area contributed by atoms with E-state index < -0.39 is 16.4 Å². The maximum absolute atomic E-state index is 14.7. The molecule has 0 saturated carbocycles. The molecule has 166 valence electrons. The molecule has 0 radical (unpaired) electrons. The van der Waals surface area contributed by atoms with Crippen molar-refractivity contribution in [2.45, 2.75) is 32.7 Å². The van der Waals surface area contributed by atoms with Gasteiger partial charge in [-0.2, -0.15) is 0 Å². The van der Waals surface area contributed by atoms with Crippen LogP contribution in [0.3, 0.4) is 0 Å². The number of non-ortho nitro benzene ring substituents is 1. The van der Waals surface area contributed by atoms with Gasteiger partial charge in [-0.05, 0) is 41.3 Å². The van der Waals surface area contributed by atoms with Crippen molar-refractivity contribution in [3.63, 3.8) is 0 Å². The third-order valence-corrected chi connectivity index (χ3v) is 5.92. The van der Waals surface area contributed by atoms with E-state index in [9.17, 15) is 19.3 Å². The zero-order valence-electron chi connectivity index (χ0n) is 18.3. The number of fused-ring (bicyclic) bond motifs is 5. The molecule has 7 nitrogen and oxygen atoms in total. The lowest BCUT2D eigenvalue weighted by atomic mass is 9.86. The van der Waals surface area contributed by atoms with Gasteiger partial charge in [0.15, 0.2) is 0 Å². The molecule has 0 spiro atoms. The van der Waals surface area contributed by atoms with Crippen molar-refractivity contribution >= 4 is 38.6 Å². The van der Waals surface area contributed by atoms with E-state index in [4.69, 9.17) is 4.42 Å². The van der Waals surface area contributed by atoms with Gasteiger partial charge in [0.1, 0.15) is 11.3 Å². The first-order valence-electron chi connectivity index (χ1n) is 10.4. The van der Waals surface area contributed by atoms with Gasteiger partial charge in [0.05, 0.1) is 11.5 Å². The summed E-state index contributed by atoms with van der Waals surface area (Å²) in [5.41, 5.74) is 1.41. The normalized spacial score (nSPS) is 12.1. The van der Waals surface area contributed by atoms with Gasteiger partial charge >= 0.3 is 5.63 Å². The second-order valence-corrected chi connectivity index (χ2v) is 9.07. The Labute approximate surface area is 187 Å². The largest absolute Gasteiger partial charge is 0.402 e. The maximum atomic E-state index is 14.7. The van der Waals surface area contributed by atoms with Crippen molar-refractivity contribution in [3.05, 3.63) is 92.2 Å². The van der Waals surface area contributed by atoms with Gasteiger partial charge in [-0.1, -0.05) is 26.8 Å². The minimum Gasteiger partial charge on any atom is -0.402 e. The monoisotopic (exact) mass is 445 g/mol. The molecule has 33 heavy (non-hydrogen) atoms. The number of aromatic nitrogens is 2.